The summed E-state index contributed by atoms with van der Waals surface area (Å²) < 4.78 is 5.06. The number of nitrogens with two attached hydrogens (primary N) is 1. The summed E-state index contributed by atoms with van der Waals surface area (Å²) in [5, 5.41) is 0. The molecule has 0 fully saturated rings. The molecule has 1 aliphatic rings. The molecule has 19 heavy (non-hydrogen) atoms. The van der Waals surface area contributed by atoms with Crippen molar-refractivity contribution in [1.29, 1.82) is 0 Å². The fraction of sp³-hybridized carbons (Fsp3) is 0.286. The number of rotatable bonds is 5. The Morgan fingerprint density at radius 3 is 2.74 bits per heavy atom. The van der Waals surface area contributed by atoms with Gasteiger partial charge in [-0.3, -0.25) is 0 Å². The summed E-state index contributed by atoms with van der Waals surface area (Å²) in [5.74, 6) is 0.325. The van der Waals surface area contributed by atoms with Crippen LogP contribution >= 0.6 is 0 Å². The van der Waals surface area contributed by atoms with Crippen LogP contribution in [0.3, 0.4) is 0 Å². The molecule has 0 spiro atoms. The smallest absolute Gasteiger partial charge is 0.346 e. The van der Waals surface area contributed by atoms with Crippen LogP contribution in [-0.4, -0.2) is 30.4 Å². The number of ether oxygens (including phenoxy) is 1. The van der Waals surface area contributed by atoms with Crippen LogP contribution in [-0.2, 0) is 11.3 Å². The molecule has 2 amide bonds. The third kappa shape index (κ3) is 2.66. The van der Waals surface area contributed by atoms with Gasteiger partial charge < -0.3 is 15.4 Å². The number of carbonyl (C=O) groups is 1. The van der Waals surface area contributed by atoms with Crippen molar-refractivity contribution in [3.8, 4) is 0 Å². The lowest BCUT2D eigenvalue weighted by Crippen LogP contribution is -2.33. The van der Waals surface area contributed by atoms with Crippen LogP contribution in [0.4, 0.5) is 4.79 Å². The van der Waals surface area contributed by atoms with Gasteiger partial charge in [-0.05, 0) is 11.1 Å². The molecule has 1 heterocycles. The van der Waals surface area contributed by atoms with Gasteiger partial charge in [0.2, 0.25) is 0 Å². The van der Waals surface area contributed by atoms with Crippen LogP contribution in [0.1, 0.15) is 17.2 Å². The van der Waals surface area contributed by atoms with Crippen LogP contribution in [0.15, 0.2) is 41.9 Å². The fourth-order valence-electron chi connectivity index (χ4n) is 2.14. The van der Waals surface area contributed by atoms with Crippen molar-refractivity contribution in [3.63, 3.8) is 0 Å². The van der Waals surface area contributed by atoms with E-state index in [2.05, 4.69) is 11.6 Å². The van der Waals surface area contributed by atoms with Crippen molar-refractivity contribution in [2.45, 2.75) is 12.6 Å². The highest BCUT2D eigenvalue weighted by molar-refractivity contribution is 6.03. The number of carbonyl (C=O) groups excluding carboxylic acids is 1. The van der Waals surface area contributed by atoms with Crippen LogP contribution in [0.25, 0.3) is 0 Å². The first-order valence-electron chi connectivity index (χ1n) is 6.00. The minimum Gasteiger partial charge on any atom is -0.385 e. The molecule has 5 nitrogen and oxygen atoms in total. The van der Waals surface area contributed by atoms with Gasteiger partial charge >= 0.3 is 6.03 Å². The third-order valence-electron chi connectivity index (χ3n) is 2.99. The van der Waals surface area contributed by atoms with E-state index < -0.39 is 0 Å². The van der Waals surface area contributed by atoms with Crippen molar-refractivity contribution in [2.24, 2.45) is 10.7 Å². The highest BCUT2D eigenvalue weighted by Crippen LogP contribution is 2.26. The lowest BCUT2D eigenvalue weighted by Gasteiger charge is -2.23. The second-order valence-electron chi connectivity index (χ2n) is 4.34. The van der Waals surface area contributed by atoms with E-state index in [9.17, 15) is 4.79 Å². The maximum absolute atomic E-state index is 11.7. The average molecular weight is 259 g/mol. The predicted molar refractivity (Wildman–Crippen MR) is 73.8 cm³/mol. The Balaban J connectivity index is 2.25. The molecule has 1 aliphatic heterocycles. The van der Waals surface area contributed by atoms with Gasteiger partial charge in [-0.25, -0.2) is 4.79 Å². The molecule has 0 saturated heterocycles. The second-order valence-corrected chi connectivity index (χ2v) is 4.34. The summed E-state index contributed by atoms with van der Waals surface area (Å²) in [6.45, 7) is 4.63. The molecular weight excluding hydrogens is 242 g/mol. The summed E-state index contributed by atoms with van der Waals surface area (Å²) in [4.78, 5) is 17.1. The van der Waals surface area contributed by atoms with Crippen molar-refractivity contribution in [3.05, 3.63) is 48.0 Å². The van der Waals surface area contributed by atoms with Gasteiger partial charge in [-0.15, -0.1) is 6.58 Å². The molecule has 1 aromatic carbocycles. The number of methoxy groups -OCH3 is 1. The molecule has 100 valence electrons. The molecule has 0 radical (unpaired) electrons. The van der Waals surface area contributed by atoms with E-state index in [1.165, 1.54) is 0 Å². The first kappa shape index (κ1) is 13.3. The van der Waals surface area contributed by atoms with Gasteiger partial charge in [0.15, 0.2) is 0 Å². The van der Waals surface area contributed by atoms with Crippen molar-refractivity contribution in [1.82, 2.24) is 4.90 Å². The Kier molecular flexibility index (Phi) is 3.97. The third-order valence-corrected chi connectivity index (χ3v) is 2.99. The maximum atomic E-state index is 11.7. The fourth-order valence-corrected chi connectivity index (χ4v) is 2.14. The SMILES string of the molecule is C=CCN1C(=O)N=C(N)C1c1ccc(COC)cc1. The van der Waals surface area contributed by atoms with E-state index in [0.717, 1.165) is 11.1 Å². The topological polar surface area (TPSA) is 67.9 Å². The molecule has 1 atom stereocenters. The summed E-state index contributed by atoms with van der Waals surface area (Å²) in [7, 11) is 1.65. The molecule has 0 aromatic heterocycles. The summed E-state index contributed by atoms with van der Waals surface area (Å²) in [6, 6.07) is 7.18. The van der Waals surface area contributed by atoms with E-state index in [0.29, 0.717) is 19.0 Å². The number of aliphatic imine (C=N–C) groups is 1. The van der Waals surface area contributed by atoms with E-state index in [1.54, 1.807) is 18.1 Å². The van der Waals surface area contributed by atoms with Gasteiger partial charge in [0.1, 0.15) is 11.9 Å². The Morgan fingerprint density at radius 2 is 2.16 bits per heavy atom. The molecular formula is C14H17N3O2. The lowest BCUT2D eigenvalue weighted by atomic mass is 10.0. The molecule has 0 saturated carbocycles. The lowest BCUT2D eigenvalue weighted by molar-refractivity contribution is 0.185. The van der Waals surface area contributed by atoms with E-state index >= 15 is 0 Å². The normalized spacial score (nSPS) is 18.6. The largest absolute Gasteiger partial charge is 0.385 e. The molecule has 1 aromatic rings. The van der Waals surface area contributed by atoms with Crippen molar-refractivity contribution >= 4 is 11.9 Å². The Morgan fingerprint density at radius 1 is 1.47 bits per heavy atom. The Bertz CT molecular complexity index is 508. The number of urea groups is 1. The molecule has 0 bridgehead atoms. The van der Waals surface area contributed by atoms with E-state index in [4.69, 9.17) is 10.5 Å². The zero-order valence-corrected chi connectivity index (χ0v) is 10.9. The summed E-state index contributed by atoms with van der Waals surface area (Å²) in [5.41, 5.74) is 7.86. The highest BCUT2D eigenvalue weighted by atomic mass is 16.5. The summed E-state index contributed by atoms with van der Waals surface area (Å²) >= 11 is 0. The standard InChI is InChI=1S/C14H17N3O2/c1-3-8-17-12(13(15)16-14(17)18)11-6-4-10(5-7-11)9-19-2/h3-7,12H,1,8-9H2,2H3,(H2,15,16,18). The number of nitrogens with zero attached hydrogens (tertiary/aromatic N) is 2. The maximum Gasteiger partial charge on any atom is 0.346 e. The molecule has 2 rings (SSSR count). The number of hydrogen-bond acceptors (Lipinski definition) is 3. The quantitative estimate of drug-likeness (QED) is 0.820. The Labute approximate surface area is 112 Å². The monoisotopic (exact) mass is 259 g/mol. The van der Waals surface area contributed by atoms with Gasteiger partial charge in [0, 0.05) is 13.7 Å². The van der Waals surface area contributed by atoms with Gasteiger partial charge in [0.25, 0.3) is 0 Å². The van der Waals surface area contributed by atoms with Gasteiger partial charge in [0.05, 0.1) is 6.61 Å². The first-order chi connectivity index (χ1) is 9.17. The average Bonchev–Trinajstić information content (AvgIpc) is 2.67. The first-order valence-corrected chi connectivity index (χ1v) is 6.00. The number of hydrogen-bond donors (Lipinski definition) is 1. The van der Waals surface area contributed by atoms with E-state index in [1.807, 2.05) is 24.3 Å². The summed E-state index contributed by atoms with van der Waals surface area (Å²) in [6.07, 6.45) is 1.66. The minimum atomic E-state index is -0.316. The molecule has 1 unspecified atom stereocenters. The zero-order chi connectivity index (χ0) is 13.8. The number of amidine groups is 1. The second kappa shape index (κ2) is 5.67. The van der Waals surface area contributed by atoms with Crippen LogP contribution < -0.4 is 5.73 Å². The van der Waals surface area contributed by atoms with Crippen molar-refractivity contribution < 1.29 is 9.53 Å². The van der Waals surface area contributed by atoms with Gasteiger partial charge in [-0.2, -0.15) is 4.99 Å². The number of amides is 2. The molecule has 0 aliphatic carbocycles. The van der Waals surface area contributed by atoms with Crippen molar-refractivity contribution in [2.75, 3.05) is 13.7 Å². The minimum absolute atomic E-state index is 0.304. The Hall–Kier alpha value is -2.14. The highest BCUT2D eigenvalue weighted by Gasteiger charge is 2.33. The van der Waals surface area contributed by atoms with Crippen LogP contribution in [0.5, 0.6) is 0 Å². The van der Waals surface area contributed by atoms with Gasteiger partial charge in [-0.1, -0.05) is 30.3 Å². The zero-order valence-electron chi connectivity index (χ0n) is 10.9. The van der Waals surface area contributed by atoms with Crippen LogP contribution in [0, 0.1) is 0 Å². The predicted octanol–water partition coefficient (Wildman–Crippen LogP) is 1.85. The number of benzene rings is 1. The van der Waals surface area contributed by atoms with Crippen LogP contribution in [0.2, 0.25) is 0 Å². The molecule has 5 heteroatoms. The van der Waals surface area contributed by atoms with E-state index in [-0.39, 0.29) is 12.1 Å². The molecule has 2 N–H and O–H groups in total.